The highest BCUT2D eigenvalue weighted by atomic mass is 16.3. The standard InChI is InChI=1S/C38H28O.C2H6/c1-3-15-26(4-2)27-16-5-10-21-32(27)38(39)35-24-13-11-22-33(35)37(34-23-12-14-25-36(34)38)30-19-8-6-17-28(30)29-18-7-9-20-31(29)37;1-2/h3-25,39H,1-2H2;1-2H3/b26-15+;. The molecule has 0 bridgehead atoms. The van der Waals surface area contributed by atoms with Gasteiger partial charge in [-0.15, -0.1) is 0 Å². The maximum absolute atomic E-state index is 13.2. The van der Waals surface area contributed by atoms with Crippen LogP contribution < -0.4 is 0 Å². The van der Waals surface area contributed by atoms with Crippen LogP contribution in [0.15, 0.2) is 153 Å². The number of fused-ring (bicyclic) bond motifs is 9. The van der Waals surface area contributed by atoms with Crippen molar-refractivity contribution in [2.45, 2.75) is 24.9 Å². The number of allylic oxidation sites excluding steroid dienone is 4. The van der Waals surface area contributed by atoms with Gasteiger partial charge in [0.15, 0.2) is 0 Å². The molecular formula is C40H34O. The minimum atomic E-state index is -1.38. The van der Waals surface area contributed by atoms with E-state index in [4.69, 9.17) is 0 Å². The molecule has 2 aliphatic carbocycles. The van der Waals surface area contributed by atoms with E-state index >= 15 is 0 Å². The maximum Gasteiger partial charge on any atom is 0.141 e. The summed E-state index contributed by atoms with van der Waals surface area (Å²) in [4.78, 5) is 0. The van der Waals surface area contributed by atoms with Crippen LogP contribution in [0, 0.1) is 0 Å². The van der Waals surface area contributed by atoms with Crippen molar-refractivity contribution in [1.82, 2.24) is 0 Å². The Morgan fingerprint density at radius 2 is 0.927 bits per heavy atom. The van der Waals surface area contributed by atoms with E-state index in [1.165, 1.54) is 22.3 Å². The zero-order chi connectivity index (χ0) is 28.6. The largest absolute Gasteiger partial charge is 0.376 e. The Kier molecular flexibility index (Phi) is 6.69. The van der Waals surface area contributed by atoms with Crippen LogP contribution >= 0.6 is 0 Å². The molecule has 0 aliphatic heterocycles. The minimum absolute atomic E-state index is 0.542. The van der Waals surface area contributed by atoms with E-state index in [0.717, 1.165) is 39.0 Å². The number of hydrogen-bond donors (Lipinski definition) is 1. The minimum Gasteiger partial charge on any atom is -0.376 e. The van der Waals surface area contributed by atoms with Crippen LogP contribution in [0.25, 0.3) is 16.7 Å². The summed E-state index contributed by atoms with van der Waals surface area (Å²) in [7, 11) is 0. The fraction of sp³-hybridized carbons (Fsp3) is 0.100. The molecule has 7 rings (SSSR count). The molecule has 0 heterocycles. The average molecular weight is 531 g/mol. The van der Waals surface area contributed by atoms with E-state index in [0.29, 0.717) is 0 Å². The van der Waals surface area contributed by atoms with Crippen LogP contribution in [0.2, 0.25) is 0 Å². The Hall–Kier alpha value is -4.72. The summed E-state index contributed by atoms with van der Waals surface area (Å²) in [5.74, 6) is 0. The van der Waals surface area contributed by atoms with E-state index in [9.17, 15) is 5.11 Å². The van der Waals surface area contributed by atoms with Gasteiger partial charge in [0.2, 0.25) is 0 Å². The van der Waals surface area contributed by atoms with Crippen molar-refractivity contribution in [3.05, 3.63) is 197 Å². The van der Waals surface area contributed by atoms with E-state index in [2.05, 4.69) is 104 Å². The van der Waals surface area contributed by atoms with Crippen LogP contribution in [0.1, 0.15) is 58.4 Å². The van der Waals surface area contributed by atoms with E-state index in [-0.39, 0.29) is 0 Å². The maximum atomic E-state index is 13.2. The summed E-state index contributed by atoms with van der Waals surface area (Å²) >= 11 is 0. The first-order valence-corrected chi connectivity index (χ1v) is 14.3. The highest BCUT2D eigenvalue weighted by Gasteiger charge is 2.55. The fourth-order valence-corrected chi connectivity index (χ4v) is 7.09. The van der Waals surface area contributed by atoms with Crippen molar-refractivity contribution in [2.24, 2.45) is 0 Å². The fourth-order valence-electron chi connectivity index (χ4n) is 7.09. The third-order valence-electron chi connectivity index (χ3n) is 8.54. The first-order chi connectivity index (χ1) is 20.2. The first-order valence-electron chi connectivity index (χ1n) is 14.3. The number of rotatable bonds is 4. The number of hydrogen-bond acceptors (Lipinski definition) is 1. The summed E-state index contributed by atoms with van der Waals surface area (Å²) in [5.41, 5.74) is 9.73. The van der Waals surface area contributed by atoms with Crippen LogP contribution in [-0.4, -0.2) is 5.11 Å². The van der Waals surface area contributed by atoms with Crippen molar-refractivity contribution < 1.29 is 5.11 Å². The molecule has 0 unspecified atom stereocenters. The van der Waals surface area contributed by atoms with E-state index in [1.54, 1.807) is 6.08 Å². The molecule has 41 heavy (non-hydrogen) atoms. The van der Waals surface area contributed by atoms with Crippen molar-refractivity contribution in [3.63, 3.8) is 0 Å². The number of benzene rings is 5. The lowest BCUT2D eigenvalue weighted by atomic mass is 9.56. The molecule has 1 heteroatoms. The summed E-state index contributed by atoms with van der Waals surface area (Å²) in [6.45, 7) is 12.0. The molecule has 0 fully saturated rings. The van der Waals surface area contributed by atoms with Crippen molar-refractivity contribution in [3.8, 4) is 11.1 Å². The molecule has 5 aromatic carbocycles. The molecule has 0 saturated carbocycles. The zero-order valence-corrected chi connectivity index (χ0v) is 23.6. The molecule has 5 aromatic rings. The Bertz CT molecular complexity index is 1720. The highest BCUT2D eigenvalue weighted by molar-refractivity contribution is 5.89. The van der Waals surface area contributed by atoms with Gasteiger partial charge in [0.25, 0.3) is 0 Å². The van der Waals surface area contributed by atoms with Crippen LogP contribution in [0.5, 0.6) is 0 Å². The average Bonchev–Trinajstić information content (AvgIpc) is 3.35. The molecular weight excluding hydrogens is 496 g/mol. The topological polar surface area (TPSA) is 20.2 Å². The van der Waals surface area contributed by atoms with E-state index < -0.39 is 11.0 Å². The second-order valence-corrected chi connectivity index (χ2v) is 10.3. The molecule has 2 aliphatic rings. The van der Waals surface area contributed by atoms with Gasteiger partial charge < -0.3 is 5.11 Å². The molecule has 0 saturated heterocycles. The summed E-state index contributed by atoms with van der Waals surface area (Å²) in [6.07, 6.45) is 5.54. The van der Waals surface area contributed by atoms with E-state index in [1.807, 2.05) is 56.3 Å². The molecule has 1 nitrogen and oxygen atoms in total. The smallest absolute Gasteiger partial charge is 0.141 e. The predicted molar refractivity (Wildman–Crippen MR) is 172 cm³/mol. The predicted octanol–water partition coefficient (Wildman–Crippen LogP) is 9.43. The highest BCUT2D eigenvalue weighted by Crippen LogP contribution is 2.62. The van der Waals surface area contributed by atoms with Gasteiger partial charge in [-0.25, -0.2) is 0 Å². The summed E-state index contributed by atoms with van der Waals surface area (Å²) < 4.78 is 0. The Balaban J connectivity index is 0.00000148. The molecule has 200 valence electrons. The van der Waals surface area contributed by atoms with Crippen molar-refractivity contribution >= 4 is 5.57 Å². The SMILES string of the molecule is C=C/C=C(\C=C)c1ccccc1C1(O)c2ccccc2C2(c3ccccc3-c3ccccc32)c2ccccc21.CC. The van der Waals surface area contributed by atoms with Gasteiger partial charge in [-0.05, 0) is 55.6 Å². The third-order valence-corrected chi connectivity index (χ3v) is 8.54. The third kappa shape index (κ3) is 3.53. The van der Waals surface area contributed by atoms with Gasteiger partial charge in [-0.1, -0.05) is 167 Å². The molecule has 1 N–H and O–H groups in total. The number of aliphatic hydroxyl groups is 1. The zero-order valence-electron chi connectivity index (χ0n) is 23.6. The van der Waals surface area contributed by atoms with Gasteiger partial charge in [-0.2, -0.15) is 0 Å². The molecule has 0 amide bonds. The summed E-state index contributed by atoms with van der Waals surface area (Å²) in [5, 5.41) is 13.2. The Morgan fingerprint density at radius 3 is 1.39 bits per heavy atom. The molecule has 0 aromatic heterocycles. The Morgan fingerprint density at radius 1 is 0.537 bits per heavy atom. The molecule has 0 atom stereocenters. The normalized spacial score (nSPS) is 15.0. The van der Waals surface area contributed by atoms with Crippen LogP contribution in [-0.2, 0) is 11.0 Å². The quantitative estimate of drug-likeness (QED) is 0.225. The lowest BCUT2D eigenvalue weighted by Crippen LogP contribution is -2.44. The van der Waals surface area contributed by atoms with Crippen LogP contribution in [0.4, 0.5) is 0 Å². The van der Waals surface area contributed by atoms with Gasteiger partial charge in [0, 0.05) is 5.56 Å². The first kappa shape index (κ1) is 26.5. The molecule has 1 spiro atoms. The molecule has 0 radical (unpaired) electrons. The van der Waals surface area contributed by atoms with Crippen molar-refractivity contribution in [1.29, 1.82) is 0 Å². The van der Waals surface area contributed by atoms with Crippen molar-refractivity contribution in [2.75, 3.05) is 0 Å². The second-order valence-electron chi connectivity index (χ2n) is 10.3. The van der Waals surface area contributed by atoms with Crippen LogP contribution in [0.3, 0.4) is 0 Å². The van der Waals surface area contributed by atoms with Gasteiger partial charge in [0.05, 0.1) is 5.41 Å². The van der Waals surface area contributed by atoms with Gasteiger partial charge in [-0.3, -0.25) is 0 Å². The monoisotopic (exact) mass is 530 g/mol. The van der Waals surface area contributed by atoms with Gasteiger partial charge in [0.1, 0.15) is 5.60 Å². The Labute approximate surface area is 243 Å². The lowest BCUT2D eigenvalue weighted by Gasteiger charge is -2.47. The van der Waals surface area contributed by atoms with Gasteiger partial charge >= 0.3 is 0 Å². The second kappa shape index (κ2) is 10.4. The lowest BCUT2D eigenvalue weighted by molar-refractivity contribution is 0.118. The summed E-state index contributed by atoms with van der Waals surface area (Å²) in [6, 6.07) is 42.4.